The molecule has 0 unspecified atom stereocenters. The number of halogens is 2. The lowest BCUT2D eigenvalue weighted by Crippen LogP contribution is -2.52. The first kappa shape index (κ1) is 16.0. The van der Waals surface area contributed by atoms with Crippen molar-refractivity contribution in [3.05, 3.63) is 37.9 Å². The molecule has 1 heterocycles. The van der Waals surface area contributed by atoms with Gasteiger partial charge in [0.05, 0.1) is 9.95 Å². The SMILES string of the molecule is CN1CCN(NC(=O)c2cc(Cl)c(Cl)c([N+](=O)[O-])c2)CC1. The molecule has 9 heteroatoms. The van der Waals surface area contributed by atoms with Crippen molar-refractivity contribution in [2.24, 2.45) is 0 Å². The van der Waals surface area contributed by atoms with Gasteiger partial charge in [0.2, 0.25) is 0 Å². The second-order valence-corrected chi connectivity index (χ2v) is 5.56. The van der Waals surface area contributed by atoms with Crippen molar-refractivity contribution in [3.63, 3.8) is 0 Å². The highest BCUT2D eigenvalue weighted by Crippen LogP contribution is 2.33. The van der Waals surface area contributed by atoms with Crippen molar-refractivity contribution >= 4 is 34.8 Å². The highest BCUT2D eigenvalue weighted by Gasteiger charge is 2.22. The maximum absolute atomic E-state index is 12.1. The Morgan fingerprint density at radius 1 is 1.29 bits per heavy atom. The van der Waals surface area contributed by atoms with E-state index in [0.29, 0.717) is 13.1 Å². The first-order chi connectivity index (χ1) is 9.88. The first-order valence-corrected chi connectivity index (χ1v) is 7.02. The van der Waals surface area contributed by atoms with Gasteiger partial charge in [-0.15, -0.1) is 0 Å². The van der Waals surface area contributed by atoms with Gasteiger partial charge < -0.3 is 4.90 Å². The molecule has 0 saturated carbocycles. The highest BCUT2D eigenvalue weighted by molar-refractivity contribution is 6.43. The lowest BCUT2D eigenvalue weighted by molar-refractivity contribution is -0.384. The van der Waals surface area contributed by atoms with E-state index in [9.17, 15) is 14.9 Å². The Kier molecular flexibility index (Phi) is 5.00. The predicted octanol–water partition coefficient (Wildman–Crippen LogP) is 1.79. The molecule has 1 aromatic carbocycles. The van der Waals surface area contributed by atoms with Crippen LogP contribution in [0.5, 0.6) is 0 Å². The smallest absolute Gasteiger partial charge is 0.290 e. The van der Waals surface area contributed by atoms with Gasteiger partial charge in [0.15, 0.2) is 0 Å². The summed E-state index contributed by atoms with van der Waals surface area (Å²) < 4.78 is 0. The minimum atomic E-state index is -0.666. The fourth-order valence-corrected chi connectivity index (χ4v) is 2.36. The molecule has 1 fully saturated rings. The summed E-state index contributed by atoms with van der Waals surface area (Å²) >= 11 is 11.6. The monoisotopic (exact) mass is 332 g/mol. The second-order valence-electron chi connectivity index (χ2n) is 4.78. The summed E-state index contributed by atoms with van der Waals surface area (Å²) in [5.74, 6) is -0.443. The molecule has 1 N–H and O–H groups in total. The van der Waals surface area contributed by atoms with Crippen molar-refractivity contribution in [1.29, 1.82) is 0 Å². The fourth-order valence-electron chi connectivity index (χ4n) is 1.96. The topological polar surface area (TPSA) is 78.7 Å². The zero-order valence-corrected chi connectivity index (χ0v) is 12.8. The van der Waals surface area contributed by atoms with Crippen LogP contribution in [0.1, 0.15) is 10.4 Å². The Balaban J connectivity index is 2.14. The average Bonchev–Trinajstić information content (AvgIpc) is 2.43. The molecule has 2 rings (SSSR count). The summed E-state index contributed by atoms with van der Waals surface area (Å²) in [7, 11) is 2.00. The van der Waals surface area contributed by atoms with Gasteiger partial charge >= 0.3 is 0 Å². The van der Waals surface area contributed by atoms with E-state index in [1.165, 1.54) is 6.07 Å². The number of nitrogens with one attached hydrogen (secondary N) is 1. The summed E-state index contributed by atoms with van der Waals surface area (Å²) in [6.07, 6.45) is 0. The number of carbonyl (C=O) groups is 1. The molecule has 0 aromatic heterocycles. The number of carbonyl (C=O) groups excluding carboxylic acids is 1. The second kappa shape index (κ2) is 6.57. The van der Waals surface area contributed by atoms with Gasteiger partial charge in [0, 0.05) is 37.8 Å². The number of hydrogen-bond donors (Lipinski definition) is 1. The van der Waals surface area contributed by atoms with E-state index in [1.54, 1.807) is 5.01 Å². The number of piperazine rings is 1. The molecule has 0 bridgehead atoms. The normalized spacial score (nSPS) is 16.7. The van der Waals surface area contributed by atoms with Crippen molar-refractivity contribution in [2.45, 2.75) is 0 Å². The van der Waals surface area contributed by atoms with Gasteiger partial charge in [-0.25, -0.2) is 5.01 Å². The Morgan fingerprint density at radius 3 is 2.48 bits per heavy atom. The number of hydrogen-bond acceptors (Lipinski definition) is 5. The van der Waals surface area contributed by atoms with Crippen molar-refractivity contribution < 1.29 is 9.72 Å². The lowest BCUT2D eigenvalue weighted by Gasteiger charge is -2.32. The molecule has 0 atom stereocenters. The van der Waals surface area contributed by atoms with Crippen LogP contribution in [0.2, 0.25) is 10.0 Å². The first-order valence-electron chi connectivity index (χ1n) is 6.26. The molecule has 1 aliphatic rings. The number of nitro benzene ring substituents is 1. The number of hydrazine groups is 1. The van der Waals surface area contributed by atoms with Crippen LogP contribution in [0.4, 0.5) is 5.69 Å². The van der Waals surface area contributed by atoms with Gasteiger partial charge in [-0.3, -0.25) is 20.3 Å². The van der Waals surface area contributed by atoms with Crippen LogP contribution in [-0.2, 0) is 0 Å². The zero-order chi connectivity index (χ0) is 15.6. The fraction of sp³-hybridized carbons (Fsp3) is 0.417. The zero-order valence-electron chi connectivity index (χ0n) is 11.3. The minimum Gasteiger partial charge on any atom is -0.304 e. The quantitative estimate of drug-likeness (QED) is 0.674. The molecule has 0 radical (unpaired) electrons. The highest BCUT2D eigenvalue weighted by atomic mass is 35.5. The van der Waals surface area contributed by atoms with E-state index in [1.807, 2.05) is 7.05 Å². The molecule has 1 aliphatic heterocycles. The summed E-state index contributed by atoms with van der Waals surface area (Å²) in [6, 6.07) is 2.45. The number of rotatable bonds is 3. The maximum atomic E-state index is 12.1. The molecule has 7 nitrogen and oxygen atoms in total. The number of nitro groups is 1. The minimum absolute atomic E-state index is 0.0191. The Bertz CT molecular complexity index is 574. The summed E-state index contributed by atoms with van der Waals surface area (Å²) in [5, 5.41) is 12.5. The van der Waals surface area contributed by atoms with Crippen molar-refractivity contribution in [3.8, 4) is 0 Å². The molecule has 21 heavy (non-hydrogen) atoms. The molecule has 1 aromatic rings. The van der Waals surface area contributed by atoms with Crippen LogP contribution in [0.15, 0.2) is 12.1 Å². The van der Waals surface area contributed by atoms with Crippen LogP contribution in [0, 0.1) is 10.1 Å². The molecule has 0 spiro atoms. The van der Waals surface area contributed by atoms with Crippen LogP contribution >= 0.6 is 23.2 Å². The largest absolute Gasteiger partial charge is 0.304 e. The van der Waals surface area contributed by atoms with Crippen LogP contribution in [-0.4, -0.2) is 54.0 Å². The van der Waals surface area contributed by atoms with Gasteiger partial charge in [0.25, 0.3) is 11.6 Å². The van der Waals surface area contributed by atoms with Crippen molar-refractivity contribution in [1.82, 2.24) is 15.3 Å². The van der Waals surface area contributed by atoms with E-state index < -0.39 is 10.8 Å². The Morgan fingerprint density at radius 2 is 1.90 bits per heavy atom. The summed E-state index contributed by atoms with van der Waals surface area (Å²) in [4.78, 5) is 24.5. The summed E-state index contributed by atoms with van der Waals surface area (Å²) in [6.45, 7) is 3.04. The van der Waals surface area contributed by atoms with E-state index in [-0.39, 0.29) is 21.3 Å². The standard InChI is InChI=1S/C12H14Cl2N4O3/c1-16-2-4-17(5-3-16)15-12(19)8-6-9(13)11(14)10(7-8)18(20)21/h6-7H,2-5H2,1H3,(H,15,19). The van der Waals surface area contributed by atoms with Crippen LogP contribution < -0.4 is 5.43 Å². The third-order valence-corrected chi connectivity index (χ3v) is 4.02. The summed E-state index contributed by atoms with van der Waals surface area (Å²) in [5.41, 5.74) is 2.44. The van der Waals surface area contributed by atoms with E-state index in [0.717, 1.165) is 19.2 Å². The number of amides is 1. The molecular weight excluding hydrogens is 319 g/mol. The van der Waals surface area contributed by atoms with Gasteiger partial charge in [-0.05, 0) is 13.1 Å². The third-order valence-electron chi connectivity index (χ3n) is 3.23. The van der Waals surface area contributed by atoms with E-state index in [2.05, 4.69) is 10.3 Å². The van der Waals surface area contributed by atoms with E-state index >= 15 is 0 Å². The van der Waals surface area contributed by atoms with Crippen LogP contribution in [0.25, 0.3) is 0 Å². The van der Waals surface area contributed by atoms with Crippen molar-refractivity contribution in [2.75, 3.05) is 33.2 Å². The lowest BCUT2D eigenvalue weighted by atomic mass is 10.2. The predicted molar refractivity (Wildman–Crippen MR) is 79.7 cm³/mol. The molecule has 114 valence electrons. The average molecular weight is 333 g/mol. The molecule has 0 aliphatic carbocycles. The Labute approximate surface area is 131 Å². The molecule has 1 amide bonds. The number of nitrogens with zero attached hydrogens (tertiary/aromatic N) is 3. The van der Waals surface area contributed by atoms with Gasteiger partial charge in [0.1, 0.15) is 5.02 Å². The maximum Gasteiger partial charge on any atom is 0.290 e. The third kappa shape index (κ3) is 3.82. The van der Waals surface area contributed by atoms with Gasteiger partial charge in [-0.1, -0.05) is 23.2 Å². The molecular formula is C12H14Cl2N4O3. The number of likely N-dealkylation sites (N-methyl/N-ethyl adjacent to an activating group) is 1. The van der Waals surface area contributed by atoms with Crippen LogP contribution in [0.3, 0.4) is 0 Å². The molecule has 1 saturated heterocycles. The number of benzene rings is 1. The van der Waals surface area contributed by atoms with E-state index in [4.69, 9.17) is 23.2 Å². The van der Waals surface area contributed by atoms with Gasteiger partial charge in [-0.2, -0.15) is 0 Å². The Hall–Kier alpha value is -1.41.